The van der Waals surface area contributed by atoms with E-state index in [2.05, 4.69) is 15.9 Å². The number of hydrogen-bond donors (Lipinski definition) is 2. The number of phenolic OH excluding ortho intramolecular Hbond substituents is 1. The minimum Gasteiger partial charge on any atom is -0.507 e. The fraction of sp³-hybridized carbons (Fsp3) is 0.267. The van der Waals surface area contributed by atoms with Crippen LogP contribution in [0.2, 0.25) is 0 Å². The van der Waals surface area contributed by atoms with E-state index in [0.29, 0.717) is 10.9 Å². The molecule has 0 aliphatic heterocycles. The first-order valence-corrected chi connectivity index (χ1v) is 7.01. The molecule has 2 aromatic rings. The Morgan fingerprint density at radius 3 is 2.75 bits per heavy atom. The number of fused-ring (bicyclic) bond motifs is 1. The normalized spacial score (nSPS) is 12.4. The van der Waals surface area contributed by atoms with Gasteiger partial charge in [0.05, 0.1) is 6.61 Å². The van der Waals surface area contributed by atoms with Crippen LogP contribution in [0.3, 0.4) is 0 Å². The van der Waals surface area contributed by atoms with Crippen LogP contribution in [0.1, 0.15) is 24.2 Å². The maximum Gasteiger partial charge on any atom is 0.339 e. The molecule has 20 heavy (non-hydrogen) atoms. The first kappa shape index (κ1) is 14.8. The lowest BCUT2D eigenvalue weighted by Gasteiger charge is -2.16. The molecular formula is C15H15BrO4. The third-order valence-electron chi connectivity index (χ3n) is 3.11. The van der Waals surface area contributed by atoms with Gasteiger partial charge in [0.2, 0.25) is 0 Å². The van der Waals surface area contributed by atoms with E-state index in [1.807, 2.05) is 18.2 Å². The van der Waals surface area contributed by atoms with Crippen LogP contribution in [0.25, 0.3) is 10.8 Å². The number of phenols is 1. The van der Waals surface area contributed by atoms with Gasteiger partial charge in [-0.15, -0.1) is 0 Å². The molecule has 2 aromatic carbocycles. The molecule has 0 aliphatic rings. The summed E-state index contributed by atoms with van der Waals surface area (Å²) in [5, 5.41) is 21.8. The van der Waals surface area contributed by atoms with Crippen molar-refractivity contribution in [3.63, 3.8) is 0 Å². The van der Waals surface area contributed by atoms with Crippen molar-refractivity contribution in [1.29, 1.82) is 0 Å². The number of carbonyl (C=O) groups excluding carboxylic acids is 1. The molecule has 0 bridgehead atoms. The highest BCUT2D eigenvalue weighted by Gasteiger charge is 2.25. The van der Waals surface area contributed by atoms with Gasteiger partial charge in [-0.1, -0.05) is 28.1 Å². The lowest BCUT2D eigenvalue weighted by Crippen LogP contribution is -2.16. The molecule has 0 saturated heterocycles. The molecule has 2 rings (SSSR count). The summed E-state index contributed by atoms with van der Waals surface area (Å²) in [7, 11) is 0. The number of carbonyl (C=O) groups is 1. The molecule has 1 unspecified atom stereocenters. The first-order chi connectivity index (χ1) is 9.45. The molecule has 5 heteroatoms. The van der Waals surface area contributed by atoms with Gasteiger partial charge < -0.3 is 14.9 Å². The molecular weight excluding hydrogens is 324 g/mol. The molecule has 4 nitrogen and oxygen atoms in total. The Hall–Kier alpha value is -1.59. The molecule has 0 aliphatic carbocycles. The Morgan fingerprint density at radius 2 is 2.10 bits per heavy atom. The standard InChI is InChI=1S/C15H15BrO4/c1-3-20-15(19)14(18)12-8(2)6-9-4-5-10(16)7-11(9)13(12)17/h4-7,14,17-18H,3H2,1-2H3. The molecule has 2 N–H and O–H groups in total. The van der Waals surface area contributed by atoms with E-state index in [9.17, 15) is 15.0 Å². The molecule has 106 valence electrons. The largest absolute Gasteiger partial charge is 0.507 e. The number of aromatic hydroxyl groups is 1. The van der Waals surface area contributed by atoms with Gasteiger partial charge in [-0.05, 0) is 36.9 Å². The summed E-state index contributed by atoms with van der Waals surface area (Å²) in [6.45, 7) is 3.57. The lowest BCUT2D eigenvalue weighted by atomic mass is 9.96. The Morgan fingerprint density at radius 1 is 1.40 bits per heavy atom. The monoisotopic (exact) mass is 338 g/mol. The number of aliphatic hydroxyl groups is 1. The fourth-order valence-corrected chi connectivity index (χ4v) is 2.55. The van der Waals surface area contributed by atoms with Crippen molar-refractivity contribution in [1.82, 2.24) is 0 Å². The molecule has 0 radical (unpaired) electrons. The third kappa shape index (κ3) is 2.64. The van der Waals surface area contributed by atoms with Crippen LogP contribution in [0.4, 0.5) is 0 Å². The maximum atomic E-state index is 11.7. The van der Waals surface area contributed by atoms with Gasteiger partial charge in [0.15, 0.2) is 6.10 Å². The summed E-state index contributed by atoms with van der Waals surface area (Å²) < 4.78 is 5.60. The van der Waals surface area contributed by atoms with Gasteiger partial charge in [-0.3, -0.25) is 0 Å². The number of ether oxygens (including phenoxy) is 1. The van der Waals surface area contributed by atoms with Crippen LogP contribution < -0.4 is 0 Å². The van der Waals surface area contributed by atoms with Crippen molar-refractivity contribution in [2.45, 2.75) is 20.0 Å². The maximum absolute atomic E-state index is 11.7. The number of benzene rings is 2. The predicted molar refractivity (Wildman–Crippen MR) is 79.6 cm³/mol. The average molecular weight is 339 g/mol. The van der Waals surface area contributed by atoms with Crippen molar-refractivity contribution in [2.75, 3.05) is 6.61 Å². The van der Waals surface area contributed by atoms with E-state index in [1.165, 1.54) is 0 Å². The lowest BCUT2D eigenvalue weighted by molar-refractivity contribution is -0.153. The van der Waals surface area contributed by atoms with Crippen molar-refractivity contribution in [2.24, 2.45) is 0 Å². The molecule has 0 fully saturated rings. The SMILES string of the molecule is CCOC(=O)C(O)c1c(C)cc2ccc(Br)cc2c1O. The summed E-state index contributed by atoms with van der Waals surface area (Å²) in [5.74, 6) is -0.859. The zero-order valence-electron chi connectivity index (χ0n) is 11.2. The van der Waals surface area contributed by atoms with Gasteiger partial charge in [0.1, 0.15) is 5.75 Å². The van der Waals surface area contributed by atoms with E-state index in [4.69, 9.17) is 4.74 Å². The van der Waals surface area contributed by atoms with E-state index >= 15 is 0 Å². The molecule has 0 spiro atoms. The minimum absolute atomic E-state index is 0.0955. The van der Waals surface area contributed by atoms with Gasteiger partial charge in [0.25, 0.3) is 0 Å². The van der Waals surface area contributed by atoms with Gasteiger partial charge in [-0.2, -0.15) is 0 Å². The summed E-state index contributed by atoms with van der Waals surface area (Å²) in [6.07, 6.45) is -1.49. The Bertz CT molecular complexity index is 666. The third-order valence-corrected chi connectivity index (χ3v) is 3.60. The molecule has 0 aromatic heterocycles. The minimum atomic E-state index is -1.49. The number of esters is 1. The van der Waals surface area contributed by atoms with Crippen LogP contribution >= 0.6 is 15.9 Å². The smallest absolute Gasteiger partial charge is 0.339 e. The average Bonchev–Trinajstić information content (AvgIpc) is 2.40. The van der Waals surface area contributed by atoms with E-state index in [0.717, 1.165) is 9.86 Å². The van der Waals surface area contributed by atoms with E-state index in [1.54, 1.807) is 19.9 Å². The van der Waals surface area contributed by atoms with Crippen molar-refractivity contribution in [3.05, 3.63) is 39.9 Å². The van der Waals surface area contributed by atoms with E-state index < -0.39 is 12.1 Å². The molecule has 0 heterocycles. The molecule has 0 saturated carbocycles. The van der Waals surface area contributed by atoms with Crippen LogP contribution in [-0.4, -0.2) is 22.8 Å². The number of rotatable bonds is 3. The highest BCUT2D eigenvalue weighted by atomic mass is 79.9. The summed E-state index contributed by atoms with van der Waals surface area (Å²) in [4.78, 5) is 11.7. The van der Waals surface area contributed by atoms with Gasteiger partial charge in [-0.25, -0.2) is 4.79 Å². The van der Waals surface area contributed by atoms with Crippen LogP contribution in [-0.2, 0) is 9.53 Å². The number of hydrogen-bond acceptors (Lipinski definition) is 4. The number of aliphatic hydroxyl groups excluding tert-OH is 1. The Balaban J connectivity index is 2.61. The Kier molecular flexibility index (Phi) is 4.30. The summed E-state index contributed by atoms with van der Waals surface area (Å²) >= 11 is 3.34. The van der Waals surface area contributed by atoms with Crippen LogP contribution in [0.15, 0.2) is 28.7 Å². The van der Waals surface area contributed by atoms with Crippen molar-refractivity contribution < 1.29 is 19.7 Å². The summed E-state index contributed by atoms with van der Waals surface area (Å²) in [5.41, 5.74) is 0.826. The number of aryl methyl sites for hydroxylation is 1. The highest BCUT2D eigenvalue weighted by Crippen LogP contribution is 2.37. The van der Waals surface area contributed by atoms with Crippen molar-refractivity contribution >= 4 is 32.7 Å². The fourth-order valence-electron chi connectivity index (χ4n) is 2.19. The quantitative estimate of drug-likeness (QED) is 0.843. The molecule has 0 amide bonds. The van der Waals surface area contributed by atoms with Crippen LogP contribution in [0, 0.1) is 6.92 Å². The summed E-state index contributed by atoms with van der Waals surface area (Å²) in [6, 6.07) is 7.28. The number of halogens is 1. The topological polar surface area (TPSA) is 66.8 Å². The van der Waals surface area contributed by atoms with E-state index in [-0.39, 0.29) is 17.9 Å². The molecule has 1 atom stereocenters. The second-order valence-corrected chi connectivity index (χ2v) is 5.39. The second-order valence-electron chi connectivity index (χ2n) is 4.48. The second kappa shape index (κ2) is 5.81. The van der Waals surface area contributed by atoms with Gasteiger partial charge in [0, 0.05) is 15.4 Å². The van der Waals surface area contributed by atoms with Crippen molar-refractivity contribution in [3.8, 4) is 5.75 Å². The zero-order valence-corrected chi connectivity index (χ0v) is 12.8. The predicted octanol–water partition coefficient (Wildman–Crippen LogP) is 3.21. The first-order valence-electron chi connectivity index (χ1n) is 6.22. The zero-order chi connectivity index (χ0) is 14.9. The van der Waals surface area contributed by atoms with Crippen LogP contribution in [0.5, 0.6) is 5.75 Å². The Labute approximate surface area is 125 Å². The highest BCUT2D eigenvalue weighted by molar-refractivity contribution is 9.10. The van der Waals surface area contributed by atoms with Gasteiger partial charge >= 0.3 is 5.97 Å².